The van der Waals surface area contributed by atoms with Crippen LogP contribution in [-0.4, -0.2) is 36.0 Å². The van der Waals surface area contributed by atoms with Crippen LogP contribution in [0.3, 0.4) is 0 Å². The Morgan fingerprint density at radius 3 is 2.48 bits per heavy atom. The van der Waals surface area contributed by atoms with Crippen LogP contribution in [0.4, 0.5) is 4.39 Å². The molecule has 0 spiro atoms. The standard InChI is InChI=1S/C16H21FN2O.ClH/c1-10-7-11(17)3-6-15(10)16(20)19(2)14-8-12-4-5-13(9-14)18-12;/h3,6-7,12-14,18H,4-5,8-9H2,1-2H3;1H. The number of nitrogens with one attached hydrogen (secondary N) is 1. The van der Waals surface area contributed by atoms with Gasteiger partial charge in [-0.15, -0.1) is 12.4 Å². The van der Waals surface area contributed by atoms with Crippen molar-refractivity contribution in [3.8, 4) is 0 Å². The van der Waals surface area contributed by atoms with E-state index in [2.05, 4.69) is 5.32 Å². The Hall–Kier alpha value is -1.13. The van der Waals surface area contributed by atoms with E-state index in [1.807, 2.05) is 11.9 Å². The van der Waals surface area contributed by atoms with Crippen LogP contribution in [-0.2, 0) is 0 Å². The fraction of sp³-hybridized carbons (Fsp3) is 0.562. The van der Waals surface area contributed by atoms with Gasteiger partial charge in [0.1, 0.15) is 5.82 Å². The molecular weight excluding hydrogens is 291 g/mol. The highest BCUT2D eigenvalue weighted by Crippen LogP contribution is 2.30. The van der Waals surface area contributed by atoms with E-state index in [1.165, 1.54) is 25.0 Å². The van der Waals surface area contributed by atoms with Crippen LogP contribution in [0, 0.1) is 12.7 Å². The summed E-state index contributed by atoms with van der Waals surface area (Å²) in [6.07, 6.45) is 4.50. The van der Waals surface area contributed by atoms with Crippen LogP contribution in [0.2, 0.25) is 0 Å². The molecule has 1 amide bonds. The van der Waals surface area contributed by atoms with Crippen LogP contribution < -0.4 is 5.32 Å². The number of aryl methyl sites for hydroxylation is 1. The van der Waals surface area contributed by atoms with Crippen LogP contribution in [0.15, 0.2) is 18.2 Å². The van der Waals surface area contributed by atoms with Crippen LogP contribution >= 0.6 is 12.4 Å². The van der Waals surface area contributed by atoms with Gasteiger partial charge in [0.15, 0.2) is 0 Å². The second kappa shape index (κ2) is 6.32. The van der Waals surface area contributed by atoms with Gasteiger partial charge in [-0.1, -0.05) is 0 Å². The van der Waals surface area contributed by atoms with Crippen LogP contribution in [0.5, 0.6) is 0 Å². The number of hydrogen-bond donors (Lipinski definition) is 1. The SMILES string of the molecule is Cc1cc(F)ccc1C(=O)N(C)C1CC2CCC(C1)N2.Cl. The van der Waals surface area contributed by atoms with Crippen molar-refractivity contribution in [2.75, 3.05) is 7.05 Å². The molecule has 0 aromatic heterocycles. The van der Waals surface area contributed by atoms with Gasteiger partial charge in [0.05, 0.1) is 0 Å². The fourth-order valence-electron chi connectivity index (χ4n) is 3.57. The zero-order valence-electron chi connectivity index (χ0n) is 12.4. The number of piperidine rings is 1. The Bertz CT molecular complexity index is 525. The minimum absolute atomic E-state index is 0. The predicted molar refractivity (Wildman–Crippen MR) is 83.4 cm³/mol. The summed E-state index contributed by atoms with van der Waals surface area (Å²) in [5.74, 6) is -0.282. The first-order chi connectivity index (χ1) is 9.54. The lowest BCUT2D eigenvalue weighted by Crippen LogP contribution is -2.48. The fourth-order valence-corrected chi connectivity index (χ4v) is 3.57. The minimum Gasteiger partial charge on any atom is -0.339 e. The highest BCUT2D eigenvalue weighted by atomic mass is 35.5. The Kier molecular flexibility index (Phi) is 4.89. The molecule has 2 unspecified atom stereocenters. The maximum Gasteiger partial charge on any atom is 0.254 e. The Labute approximate surface area is 131 Å². The predicted octanol–water partition coefficient (Wildman–Crippen LogP) is 2.91. The number of hydrogen-bond acceptors (Lipinski definition) is 2. The van der Waals surface area contributed by atoms with Gasteiger partial charge >= 0.3 is 0 Å². The maximum atomic E-state index is 13.1. The molecule has 1 aromatic carbocycles. The summed E-state index contributed by atoms with van der Waals surface area (Å²) in [7, 11) is 1.88. The number of carbonyl (C=O) groups excluding carboxylic acids is 1. The summed E-state index contributed by atoms with van der Waals surface area (Å²) in [5, 5.41) is 3.59. The van der Waals surface area contributed by atoms with Crippen molar-refractivity contribution in [2.24, 2.45) is 0 Å². The summed E-state index contributed by atoms with van der Waals surface area (Å²) in [4.78, 5) is 14.4. The number of carbonyl (C=O) groups is 1. The van der Waals surface area contributed by atoms with Crippen LogP contribution in [0.1, 0.15) is 41.6 Å². The molecule has 5 heteroatoms. The average molecular weight is 313 g/mol. The summed E-state index contributed by atoms with van der Waals surface area (Å²) < 4.78 is 13.1. The number of amides is 1. The van der Waals surface area contributed by atoms with E-state index < -0.39 is 0 Å². The quantitative estimate of drug-likeness (QED) is 0.910. The van der Waals surface area contributed by atoms with Gasteiger partial charge in [-0.2, -0.15) is 0 Å². The van der Waals surface area contributed by atoms with E-state index in [9.17, 15) is 9.18 Å². The summed E-state index contributed by atoms with van der Waals surface area (Å²) in [6.45, 7) is 1.79. The molecule has 2 aliphatic heterocycles. The van der Waals surface area contributed by atoms with E-state index in [1.54, 1.807) is 13.0 Å². The molecule has 0 saturated carbocycles. The van der Waals surface area contributed by atoms with Crippen molar-refractivity contribution in [3.63, 3.8) is 0 Å². The molecule has 3 nitrogen and oxygen atoms in total. The van der Waals surface area contributed by atoms with Crippen LogP contribution in [0.25, 0.3) is 0 Å². The smallest absolute Gasteiger partial charge is 0.254 e. The highest BCUT2D eigenvalue weighted by Gasteiger charge is 2.36. The Morgan fingerprint density at radius 2 is 1.90 bits per heavy atom. The average Bonchev–Trinajstić information content (AvgIpc) is 2.76. The monoisotopic (exact) mass is 312 g/mol. The van der Waals surface area contributed by atoms with Gasteiger partial charge in [0.2, 0.25) is 0 Å². The molecule has 3 rings (SSSR count). The molecular formula is C16H22ClFN2O. The van der Waals surface area contributed by atoms with Crippen molar-refractivity contribution in [3.05, 3.63) is 35.1 Å². The topological polar surface area (TPSA) is 32.3 Å². The number of fused-ring (bicyclic) bond motifs is 2. The molecule has 2 aliphatic rings. The second-order valence-electron chi connectivity index (χ2n) is 6.14. The molecule has 2 atom stereocenters. The zero-order valence-corrected chi connectivity index (χ0v) is 13.3. The van der Waals surface area contributed by atoms with Gasteiger partial charge in [-0.05, 0) is 56.4 Å². The summed E-state index contributed by atoms with van der Waals surface area (Å²) in [6, 6.07) is 5.80. The van der Waals surface area contributed by atoms with Crippen molar-refractivity contribution >= 4 is 18.3 Å². The third-order valence-corrected chi connectivity index (χ3v) is 4.74. The first-order valence-corrected chi connectivity index (χ1v) is 7.34. The van der Waals surface area contributed by atoms with Gasteiger partial charge in [-0.3, -0.25) is 4.79 Å². The summed E-state index contributed by atoms with van der Waals surface area (Å²) in [5.41, 5.74) is 1.32. The number of nitrogens with zero attached hydrogens (tertiary/aromatic N) is 1. The molecule has 0 radical (unpaired) electrons. The summed E-state index contributed by atoms with van der Waals surface area (Å²) >= 11 is 0. The number of halogens is 2. The van der Waals surface area contributed by atoms with E-state index in [0.717, 1.165) is 12.8 Å². The first kappa shape index (κ1) is 16.2. The first-order valence-electron chi connectivity index (χ1n) is 7.34. The van der Waals surface area contributed by atoms with E-state index >= 15 is 0 Å². The normalized spacial score (nSPS) is 27.1. The van der Waals surface area contributed by atoms with E-state index in [4.69, 9.17) is 0 Å². The van der Waals surface area contributed by atoms with Crippen molar-refractivity contribution in [2.45, 2.75) is 50.7 Å². The number of benzene rings is 1. The van der Waals surface area contributed by atoms with Crippen molar-refractivity contribution in [1.29, 1.82) is 0 Å². The molecule has 116 valence electrons. The molecule has 21 heavy (non-hydrogen) atoms. The molecule has 1 N–H and O–H groups in total. The third kappa shape index (κ3) is 3.22. The lowest BCUT2D eigenvalue weighted by Gasteiger charge is -2.35. The van der Waals surface area contributed by atoms with Crippen molar-refractivity contribution in [1.82, 2.24) is 10.2 Å². The Morgan fingerprint density at radius 1 is 1.29 bits per heavy atom. The lowest BCUT2D eigenvalue weighted by molar-refractivity contribution is 0.0681. The third-order valence-electron chi connectivity index (χ3n) is 4.74. The second-order valence-corrected chi connectivity index (χ2v) is 6.14. The van der Waals surface area contributed by atoms with Gasteiger partial charge < -0.3 is 10.2 Å². The van der Waals surface area contributed by atoms with Gasteiger partial charge in [-0.25, -0.2) is 4.39 Å². The van der Waals surface area contributed by atoms with Crippen molar-refractivity contribution < 1.29 is 9.18 Å². The molecule has 2 heterocycles. The lowest BCUT2D eigenvalue weighted by atomic mass is 9.97. The maximum absolute atomic E-state index is 13.1. The van der Waals surface area contributed by atoms with Gasteiger partial charge in [0, 0.05) is 30.7 Å². The van der Waals surface area contributed by atoms with Gasteiger partial charge in [0.25, 0.3) is 5.91 Å². The Balaban J connectivity index is 0.00000161. The minimum atomic E-state index is -0.290. The molecule has 0 aliphatic carbocycles. The molecule has 2 fully saturated rings. The number of rotatable bonds is 2. The highest BCUT2D eigenvalue weighted by molar-refractivity contribution is 5.95. The molecule has 2 saturated heterocycles. The zero-order chi connectivity index (χ0) is 14.3. The van der Waals surface area contributed by atoms with E-state index in [0.29, 0.717) is 29.3 Å². The largest absolute Gasteiger partial charge is 0.339 e. The molecule has 2 bridgehead atoms. The van der Waals surface area contributed by atoms with E-state index in [-0.39, 0.29) is 24.1 Å². The molecule has 1 aromatic rings.